The number of hydrogen-bond acceptors (Lipinski definition) is 3. The van der Waals surface area contributed by atoms with Crippen molar-refractivity contribution in [2.24, 2.45) is 0 Å². The van der Waals surface area contributed by atoms with Crippen molar-refractivity contribution in [2.75, 3.05) is 18.6 Å². The Kier molecular flexibility index (Phi) is 9.17. The highest BCUT2D eigenvalue weighted by molar-refractivity contribution is 5.90. The summed E-state index contributed by atoms with van der Waals surface area (Å²) in [6, 6.07) is 21.7. The lowest BCUT2D eigenvalue weighted by atomic mass is 10.1. The quantitative estimate of drug-likeness (QED) is 0.273. The van der Waals surface area contributed by atoms with Crippen LogP contribution in [-0.4, -0.2) is 24.7 Å². The fraction of sp³-hybridized carbons (Fsp3) is 0.300. The predicted molar refractivity (Wildman–Crippen MR) is 139 cm³/mol. The third-order valence-electron chi connectivity index (χ3n) is 5.87. The summed E-state index contributed by atoms with van der Waals surface area (Å²) in [5, 5.41) is 9.56. The summed E-state index contributed by atoms with van der Waals surface area (Å²) in [6.07, 6.45) is 4.65. The molecular weight excluding hydrogens is 422 g/mol. The second-order valence-corrected chi connectivity index (χ2v) is 8.46. The third-order valence-corrected chi connectivity index (χ3v) is 5.87. The van der Waals surface area contributed by atoms with Crippen molar-refractivity contribution in [1.82, 2.24) is 0 Å². The molecule has 0 atom stereocenters. The average molecular weight is 456 g/mol. The van der Waals surface area contributed by atoms with Crippen molar-refractivity contribution in [1.29, 1.82) is 0 Å². The van der Waals surface area contributed by atoms with Gasteiger partial charge in [-0.15, -0.1) is 0 Å². The van der Waals surface area contributed by atoms with Crippen molar-refractivity contribution < 1.29 is 14.6 Å². The molecule has 0 radical (unpaired) electrons. The van der Waals surface area contributed by atoms with Crippen LogP contribution in [0.5, 0.6) is 5.75 Å². The number of nitrogens with zero attached hydrogens (tertiary/aromatic N) is 1. The van der Waals surface area contributed by atoms with Crippen molar-refractivity contribution >= 4 is 11.7 Å². The number of anilines is 1. The maximum Gasteiger partial charge on any atom is 0.336 e. The lowest BCUT2D eigenvalue weighted by molar-refractivity contribution is 0.0696. The summed E-state index contributed by atoms with van der Waals surface area (Å²) in [6.45, 7) is 5.65. The Balaban J connectivity index is 1.75. The van der Waals surface area contributed by atoms with E-state index in [0.29, 0.717) is 5.56 Å². The summed E-state index contributed by atoms with van der Waals surface area (Å²) in [7, 11) is 1.65. The molecule has 0 bridgehead atoms. The van der Waals surface area contributed by atoms with E-state index >= 15 is 0 Å². The van der Waals surface area contributed by atoms with E-state index in [-0.39, 0.29) is 0 Å². The SMILES string of the molecule is CCCCCCN(Cc1ccc(C#Cc2ccc(OC)cc2)cc1)c1ccc(C)c(C(=O)O)c1. The molecule has 0 heterocycles. The smallest absolute Gasteiger partial charge is 0.336 e. The van der Waals surface area contributed by atoms with Crippen LogP contribution in [0, 0.1) is 18.8 Å². The van der Waals surface area contributed by atoms with Gasteiger partial charge in [0.25, 0.3) is 0 Å². The van der Waals surface area contributed by atoms with E-state index in [1.165, 1.54) is 24.8 Å². The number of carboxylic acid groups (broad SMARTS) is 1. The first-order valence-corrected chi connectivity index (χ1v) is 11.8. The molecule has 3 rings (SSSR count). The van der Waals surface area contributed by atoms with Crippen LogP contribution in [0.4, 0.5) is 5.69 Å². The lowest BCUT2D eigenvalue weighted by Crippen LogP contribution is -2.24. The van der Waals surface area contributed by atoms with Gasteiger partial charge in [-0.2, -0.15) is 0 Å². The third kappa shape index (κ3) is 7.15. The van der Waals surface area contributed by atoms with Crippen LogP contribution in [0.3, 0.4) is 0 Å². The minimum Gasteiger partial charge on any atom is -0.497 e. The zero-order chi connectivity index (χ0) is 24.3. The number of benzene rings is 3. The number of methoxy groups -OCH3 is 1. The first-order chi connectivity index (χ1) is 16.5. The summed E-state index contributed by atoms with van der Waals surface area (Å²) in [5.41, 5.74) is 5.15. The molecule has 4 heteroatoms. The summed E-state index contributed by atoms with van der Waals surface area (Å²) >= 11 is 0. The predicted octanol–water partition coefficient (Wildman–Crippen LogP) is 6.69. The van der Waals surface area contributed by atoms with Gasteiger partial charge in [0.2, 0.25) is 0 Å². The van der Waals surface area contributed by atoms with Crippen LogP contribution >= 0.6 is 0 Å². The Labute approximate surface area is 203 Å². The van der Waals surface area contributed by atoms with Gasteiger partial charge >= 0.3 is 5.97 Å². The molecule has 0 saturated heterocycles. The van der Waals surface area contributed by atoms with Crippen LogP contribution in [0.1, 0.15) is 65.2 Å². The van der Waals surface area contributed by atoms with E-state index in [4.69, 9.17) is 4.74 Å². The summed E-state index contributed by atoms with van der Waals surface area (Å²) < 4.78 is 5.19. The number of carboxylic acids is 1. The second-order valence-electron chi connectivity index (χ2n) is 8.46. The topological polar surface area (TPSA) is 49.8 Å². The summed E-state index contributed by atoms with van der Waals surface area (Å²) in [5.74, 6) is 6.34. The van der Waals surface area contributed by atoms with E-state index in [2.05, 4.69) is 35.8 Å². The van der Waals surface area contributed by atoms with Crippen LogP contribution < -0.4 is 9.64 Å². The lowest BCUT2D eigenvalue weighted by Gasteiger charge is -2.26. The molecule has 34 heavy (non-hydrogen) atoms. The molecule has 0 fully saturated rings. The van der Waals surface area contributed by atoms with Gasteiger partial charge in [-0.05, 0) is 73.0 Å². The number of carbonyl (C=O) groups is 1. The van der Waals surface area contributed by atoms with E-state index in [1.807, 2.05) is 55.5 Å². The molecule has 0 aliphatic heterocycles. The Morgan fingerprint density at radius 1 is 0.912 bits per heavy atom. The molecular formula is C30H33NO3. The van der Waals surface area contributed by atoms with Crippen molar-refractivity contribution in [3.8, 4) is 17.6 Å². The molecule has 0 unspecified atom stereocenters. The van der Waals surface area contributed by atoms with E-state index < -0.39 is 5.97 Å². The molecule has 0 amide bonds. The zero-order valence-corrected chi connectivity index (χ0v) is 20.3. The Bertz CT molecular complexity index is 1140. The highest BCUT2D eigenvalue weighted by atomic mass is 16.5. The number of ether oxygens (including phenoxy) is 1. The number of hydrogen-bond donors (Lipinski definition) is 1. The van der Waals surface area contributed by atoms with Gasteiger partial charge in [-0.25, -0.2) is 4.79 Å². The molecule has 1 N–H and O–H groups in total. The normalized spacial score (nSPS) is 10.3. The standard InChI is InChI=1S/C30H33NO3/c1-4-5-6-7-20-31(27-17-8-23(2)29(21-27)30(32)33)22-26-13-11-24(12-14-26)9-10-25-15-18-28(34-3)19-16-25/h8,11-19,21H,4-7,20,22H2,1-3H3,(H,32,33). The van der Waals surface area contributed by atoms with E-state index in [9.17, 15) is 9.90 Å². The van der Waals surface area contributed by atoms with Crippen molar-refractivity contribution in [2.45, 2.75) is 46.1 Å². The number of rotatable bonds is 10. The molecule has 3 aromatic carbocycles. The van der Waals surface area contributed by atoms with Gasteiger partial charge < -0.3 is 14.7 Å². The fourth-order valence-corrected chi connectivity index (χ4v) is 3.80. The number of aryl methyl sites for hydroxylation is 1. The van der Waals surface area contributed by atoms with Gasteiger partial charge in [-0.1, -0.05) is 56.2 Å². The molecule has 176 valence electrons. The van der Waals surface area contributed by atoms with Gasteiger partial charge in [-0.3, -0.25) is 0 Å². The van der Waals surface area contributed by atoms with Crippen molar-refractivity contribution in [3.05, 3.63) is 94.5 Å². The van der Waals surface area contributed by atoms with E-state index in [1.54, 1.807) is 13.2 Å². The average Bonchev–Trinajstić information content (AvgIpc) is 2.86. The highest BCUT2D eigenvalue weighted by Crippen LogP contribution is 2.23. The van der Waals surface area contributed by atoms with Crippen molar-refractivity contribution in [3.63, 3.8) is 0 Å². The van der Waals surface area contributed by atoms with Gasteiger partial charge in [0.15, 0.2) is 0 Å². The highest BCUT2D eigenvalue weighted by Gasteiger charge is 2.13. The first kappa shape index (κ1) is 24.9. The minimum absolute atomic E-state index is 0.361. The largest absolute Gasteiger partial charge is 0.497 e. The van der Waals surface area contributed by atoms with Gasteiger partial charge in [0.05, 0.1) is 12.7 Å². The van der Waals surface area contributed by atoms with Gasteiger partial charge in [0.1, 0.15) is 5.75 Å². The molecule has 0 aliphatic rings. The number of aromatic carboxylic acids is 1. The molecule has 3 aromatic rings. The summed E-state index contributed by atoms with van der Waals surface area (Å²) in [4.78, 5) is 13.9. The first-order valence-electron chi connectivity index (χ1n) is 11.8. The fourth-order valence-electron chi connectivity index (χ4n) is 3.80. The van der Waals surface area contributed by atoms with Crippen LogP contribution in [0.25, 0.3) is 0 Å². The molecule has 0 aromatic heterocycles. The van der Waals surface area contributed by atoms with E-state index in [0.717, 1.165) is 47.6 Å². The van der Waals surface area contributed by atoms with Gasteiger partial charge in [0, 0.05) is 29.9 Å². The number of unbranched alkanes of at least 4 members (excludes halogenated alkanes) is 3. The molecule has 4 nitrogen and oxygen atoms in total. The molecule has 0 saturated carbocycles. The van der Waals surface area contributed by atoms with Crippen LogP contribution in [0.2, 0.25) is 0 Å². The maximum absolute atomic E-state index is 11.7. The maximum atomic E-state index is 11.7. The Morgan fingerprint density at radius 3 is 2.15 bits per heavy atom. The monoisotopic (exact) mass is 455 g/mol. The second kappa shape index (κ2) is 12.5. The molecule has 0 spiro atoms. The molecule has 0 aliphatic carbocycles. The Morgan fingerprint density at radius 2 is 1.56 bits per heavy atom. The Hall–Kier alpha value is -3.71. The zero-order valence-electron chi connectivity index (χ0n) is 20.3. The minimum atomic E-state index is -0.884. The van der Waals surface area contributed by atoms with Crippen LogP contribution in [-0.2, 0) is 6.54 Å². The van der Waals surface area contributed by atoms with Crippen LogP contribution in [0.15, 0.2) is 66.7 Å².